The molecule has 0 bridgehead atoms. The van der Waals surface area contributed by atoms with Gasteiger partial charge in [-0.2, -0.15) is 0 Å². The lowest BCUT2D eigenvalue weighted by Crippen LogP contribution is -2.33. The highest BCUT2D eigenvalue weighted by Crippen LogP contribution is 2.36. The van der Waals surface area contributed by atoms with Crippen molar-refractivity contribution in [2.45, 2.75) is 13.8 Å². The molecule has 1 heterocycles. The van der Waals surface area contributed by atoms with Crippen LogP contribution >= 0.6 is 15.9 Å². The number of carbonyl (C=O) groups excluding carboxylic acids is 2. The first-order valence-electron chi connectivity index (χ1n) is 7.85. The first-order chi connectivity index (χ1) is 12.1. The van der Waals surface area contributed by atoms with E-state index in [-0.39, 0.29) is 17.0 Å². The Bertz CT molecular complexity index is 985. The first-order valence-corrected chi connectivity index (χ1v) is 10.2. The van der Waals surface area contributed by atoms with Crippen molar-refractivity contribution in [2.75, 3.05) is 15.4 Å². The third kappa shape index (κ3) is 3.52. The Morgan fingerprint density at radius 2 is 1.81 bits per heavy atom. The summed E-state index contributed by atoms with van der Waals surface area (Å²) < 4.78 is 26.5. The number of rotatable bonds is 3. The number of hydrogen-bond acceptors (Lipinski definition) is 4. The highest BCUT2D eigenvalue weighted by atomic mass is 79.9. The minimum Gasteiger partial charge on any atom is -0.322 e. The van der Waals surface area contributed by atoms with E-state index in [0.29, 0.717) is 5.69 Å². The normalized spacial score (nSPS) is 18.0. The molecule has 0 radical (unpaired) electrons. The van der Waals surface area contributed by atoms with Gasteiger partial charge in [-0.1, -0.05) is 22.0 Å². The van der Waals surface area contributed by atoms with Crippen LogP contribution in [0.1, 0.15) is 24.2 Å². The topological polar surface area (TPSA) is 83.6 Å². The van der Waals surface area contributed by atoms with Gasteiger partial charge in [0.15, 0.2) is 0 Å². The summed E-state index contributed by atoms with van der Waals surface area (Å²) in [7, 11) is -3.76. The van der Waals surface area contributed by atoms with Crippen LogP contribution in [0.5, 0.6) is 0 Å². The van der Waals surface area contributed by atoms with E-state index in [4.69, 9.17) is 0 Å². The molecule has 0 spiro atoms. The number of halogens is 1. The fraction of sp³-hybridized carbons (Fsp3) is 0.222. The smallest absolute Gasteiger partial charge is 0.255 e. The van der Waals surface area contributed by atoms with Crippen LogP contribution < -0.4 is 9.62 Å². The minimum atomic E-state index is -3.76. The lowest BCUT2D eigenvalue weighted by atomic mass is 9.95. The molecule has 3 rings (SSSR count). The van der Waals surface area contributed by atoms with Gasteiger partial charge in [0, 0.05) is 15.7 Å². The molecule has 1 N–H and O–H groups in total. The molecule has 1 fully saturated rings. The second-order valence-electron chi connectivity index (χ2n) is 6.72. The molecule has 0 aliphatic carbocycles. The first kappa shape index (κ1) is 18.6. The van der Waals surface area contributed by atoms with E-state index in [9.17, 15) is 18.0 Å². The number of amides is 2. The molecular weight excluding hydrogens is 420 g/mol. The molecular formula is C18H17BrN2O4S. The maximum absolute atomic E-state index is 12.5. The van der Waals surface area contributed by atoms with Crippen molar-refractivity contribution in [2.24, 2.45) is 5.41 Å². The zero-order valence-corrected chi connectivity index (χ0v) is 16.6. The Kier molecular flexibility index (Phi) is 4.66. The van der Waals surface area contributed by atoms with E-state index >= 15 is 0 Å². The van der Waals surface area contributed by atoms with Gasteiger partial charge in [-0.25, -0.2) is 12.7 Å². The summed E-state index contributed by atoms with van der Waals surface area (Å²) in [6.07, 6.45) is 0. The van der Waals surface area contributed by atoms with Crippen LogP contribution in [-0.2, 0) is 14.8 Å². The number of hydrogen-bond donors (Lipinski definition) is 1. The van der Waals surface area contributed by atoms with E-state index in [1.807, 2.05) is 0 Å². The number of carbonyl (C=O) groups is 2. The summed E-state index contributed by atoms with van der Waals surface area (Å²) in [6.45, 7) is 3.19. The van der Waals surface area contributed by atoms with E-state index in [1.165, 1.54) is 12.1 Å². The van der Waals surface area contributed by atoms with Gasteiger partial charge >= 0.3 is 0 Å². The molecule has 1 aliphatic heterocycles. The van der Waals surface area contributed by atoms with Gasteiger partial charge in [-0.05, 0) is 56.3 Å². The minimum absolute atomic E-state index is 0.170. The number of anilines is 2. The summed E-state index contributed by atoms with van der Waals surface area (Å²) in [6, 6.07) is 13.1. The third-order valence-corrected chi connectivity index (χ3v) is 6.58. The maximum Gasteiger partial charge on any atom is 0.255 e. The number of nitrogens with one attached hydrogen (secondary N) is 1. The lowest BCUT2D eigenvalue weighted by Gasteiger charge is -2.18. The Labute approximate surface area is 160 Å². The van der Waals surface area contributed by atoms with Gasteiger partial charge in [0.1, 0.15) is 0 Å². The molecule has 2 aromatic carbocycles. The summed E-state index contributed by atoms with van der Waals surface area (Å²) in [5.41, 5.74) is 0.0471. The average molecular weight is 437 g/mol. The molecule has 1 saturated heterocycles. The molecule has 26 heavy (non-hydrogen) atoms. The van der Waals surface area contributed by atoms with Gasteiger partial charge in [-0.15, -0.1) is 0 Å². The lowest BCUT2D eigenvalue weighted by molar-refractivity contribution is -0.123. The van der Waals surface area contributed by atoms with Gasteiger partial charge in [0.05, 0.1) is 16.9 Å². The molecule has 2 aromatic rings. The van der Waals surface area contributed by atoms with Crippen molar-refractivity contribution in [1.29, 1.82) is 0 Å². The molecule has 0 atom stereocenters. The van der Waals surface area contributed by atoms with Gasteiger partial charge in [0.25, 0.3) is 5.91 Å². The van der Waals surface area contributed by atoms with Gasteiger partial charge in [0.2, 0.25) is 15.9 Å². The van der Waals surface area contributed by atoms with Crippen LogP contribution in [0.4, 0.5) is 11.4 Å². The molecule has 8 heteroatoms. The molecule has 0 unspecified atom stereocenters. The van der Waals surface area contributed by atoms with Crippen molar-refractivity contribution in [3.05, 3.63) is 58.6 Å². The van der Waals surface area contributed by atoms with E-state index in [1.54, 1.807) is 50.2 Å². The summed E-state index contributed by atoms with van der Waals surface area (Å²) in [5.74, 6) is -1.14. The molecule has 6 nitrogen and oxygen atoms in total. The van der Waals surface area contributed by atoms with Crippen LogP contribution in [-0.4, -0.2) is 26.0 Å². The Morgan fingerprint density at radius 1 is 1.15 bits per heavy atom. The Hall–Kier alpha value is -2.19. The molecule has 0 aromatic heterocycles. The highest BCUT2D eigenvalue weighted by molar-refractivity contribution is 9.10. The van der Waals surface area contributed by atoms with Crippen LogP contribution in [0, 0.1) is 5.41 Å². The van der Waals surface area contributed by atoms with Gasteiger partial charge < -0.3 is 5.32 Å². The second-order valence-corrected chi connectivity index (χ2v) is 9.45. The van der Waals surface area contributed by atoms with Crippen LogP contribution in [0.2, 0.25) is 0 Å². The zero-order chi connectivity index (χ0) is 19.1. The fourth-order valence-electron chi connectivity index (χ4n) is 2.77. The molecule has 1 aliphatic rings. The molecule has 0 saturated carbocycles. The highest BCUT2D eigenvalue weighted by Gasteiger charge is 2.49. The summed E-state index contributed by atoms with van der Waals surface area (Å²) in [5, 5.41) is 2.74. The van der Waals surface area contributed by atoms with Crippen molar-refractivity contribution < 1.29 is 18.0 Å². The molecule has 136 valence electrons. The van der Waals surface area contributed by atoms with Crippen LogP contribution in [0.3, 0.4) is 0 Å². The predicted octanol–water partition coefficient (Wildman–Crippen LogP) is 3.40. The van der Waals surface area contributed by atoms with Crippen molar-refractivity contribution in [3.63, 3.8) is 0 Å². The summed E-state index contributed by atoms with van der Waals surface area (Å²) >= 11 is 3.32. The number of benzene rings is 2. The van der Waals surface area contributed by atoms with Gasteiger partial charge in [-0.3, -0.25) is 9.59 Å². The Morgan fingerprint density at radius 3 is 2.38 bits per heavy atom. The fourth-order valence-corrected chi connectivity index (χ4v) is 5.13. The number of sulfonamides is 1. The average Bonchev–Trinajstić information content (AvgIpc) is 2.72. The van der Waals surface area contributed by atoms with E-state index in [0.717, 1.165) is 8.78 Å². The standard InChI is InChI=1S/C18H17BrN2O4S/c1-18(2)11-26(24,25)21(17(18)23)15-5-3-4-12(10-15)16(22)20-14-8-6-13(19)7-9-14/h3-10H,11H2,1-2H3,(H,20,22). The maximum atomic E-state index is 12.5. The number of nitrogens with zero attached hydrogens (tertiary/aromatic N) is 1. The van der Waals surface area contributed by atoms with Crippen molar-refractivity contribution in [3.8, 4) is 0 Å². The molecule has 2 amide bonds. The van der Waals surface area contributed by atoms with E-state index < -0.39 is 27.3 Å². The van der Waals surface area contributed by atoms with Crippen LogP contribution in [0.15, 0.2) is 53.0 Å². The van der Waals surface area contributed by atoms with Crippen LogP contribution in [0.25, 0.3) is 0 Å². The predicted molar refractivity (Wildman–Crippen MR) is 104 cm³/mol. The quantitative estimate of drug-likeness (QED) is 0.798. The monoisotopic (exact) mass is 436 g/mol. The van der Waals surface area contributed by atoms with Crippen molar-refractivity contribution in [1.82, 2.24) is 0 Å². The largest absolute Gasteiger partial charge is 0.322 e. The third-order valence-electron chi connectivity index (χ3n) is 4.03. The SMILES string of the molecule is CC1(C)CS(=O)(=O)N(c2cccc(C(=O)Nc3ccc(Br)cc3)c2)C1=O. The summed E-state index contributed by atoms with van der Waals surface area (Å²) in [4.78, 5) is 24.9. The van der Waals surface area contributed by atoms with Crippen molar-refractivity contribution >= 4 is 49.1 Å². The zero-order valence-electron chi connectivity index (χ0n) is 14.2. The Balaban J connectivity index is 1.90. The van der Waals surface area contributed by atoms with E-state index in [2.05, 4.69) is 21.2 Å². The second kappa shape index (κ2) is 6.51.